The van der Waals surface area contributed by atoms with Crippen LogP contribution >= 0.6 is 24.0 Å². The van der Waals surface area contributed by atoms with E-state index in [-0.39, 0.29) is 24.0 Å². The van der Waals surface area contributed by atoms with E-state index in [0.29, 0.717) is 18.5 Å². The molecule has 1 heterocycles. The second kappa shape index (κ2) is 10.9. The first-order valence-corrected chi connectivity index (χ1v) is 8.36. The van der Waals surface area contributed by atoms with E-state index in [1.54, 1.807) is 0 Å². The number of aryl methyl sites for hydroxylation is 2. The molecule has 0 bridgehead atoms. The average molecular weight is 435 g/mol. The van der Waals surface area contributed by atoms with E-state index in [0.717, 1.165) is 24.5 Å². The highest BCUT2D eigenvalue weighted by molar-refractivity contribution is 14.0. The number of hydrogen-bond acceptors (Lipinski definition) is 2. The monoisotopic (exact) mass is 435 g/mol. The molecule has 1 rings (SSSR count). The zero-order valence-corrected chi connectivity index (χ0v) is 17.8. The lowest BCUT2D eigenvalue weighted by atomic mass is 10.0. The third-order valence-corrected chi connectivity index (χ3v) is 4.12. The van der Waals surface area contributed by atoms with Gasteiger partial charge >= 0.3 is 0 Å². The van der Waals surface area contributed by atoms with Crippen molar-refractivity contribution in [2.24, 2.45) is 23.7 Å². The Morgan fingerprint density at radius 1 is 1.26 bits per heavy atom. The molecule has 0 aromatic carbocycles. The summed E-state index contributed by atoms with van der Waals surface area (Å²) < 4.78 is 1.92. The van der Waals surface area contributed by atoms with Crippen molar-refractivity contribution in [3.63, 3.8) is 0 Å². The highest BCUT2D eigenvalue weighted by atomic mass is 127. The second-order valence-corrected chi connectivity index (χ2v) is 6.66. The van der Waals surface area contributed by atoms with Gasteiger partial charge in [-0.05, 0) is 45.1 Å². The van der Waals surface area contributed by atoms with Crippen molar-refractivity contribution < 1.29 is 0 Å². The van der Waals surface area contributed by atoms with E-state index >= 15 is 0 Å². The van der Waals surface area contributed by atoms with E-state index < -0.39 is 0 Å². The summed E-state index contributed by atoms with van der Waals surface area (Å²) in [5.74, 6) is 1.32. The zero-order valence-electron chi connectivity index (χ0n) is 15.5. The van der Waals surface area contributed by atoms with Gasteiger partial charge in [-0.2, -0.15) is 5.10 Å². The highest BCUT2D eigenvalue weighted by Crippen LogP contribution is 2.12. The van der Waals surface area contributed by atoms with Crippen LogP contribution in [-0.4, -0.2) is 28.3 Å². The van der Waals surface area contributed by atoms with Gasteiger partial charge in [0.15, 0.2) is 5.96 Å². The van der Waals surface area contributed by atoms with Crippen LogP contribution in [0.1, 0.15) is 57.0 Å². The normalized spacial score (nSPS) is 13.1. The standard InChI is InChI=1S/C17H33N5.HI/c1-12(2)8-7-9-13(3)20-17(18)19-11-10-16-14(4)21-22(6)15(16)5;/h12-13H,7-11H2,1-6H3,(H3,18,19,20);1H. The van der Waals surface area contributed by atoms with Gasteiger partial charge in [0, 0.05) is 25.3 Å². The van der Waals surface area contributed by atoms with Crippen LogP contribution in [0.4, 0.5) is 0 Å². The molecule has 0 saturated carbocycles. The first kappa shape index (κ1) is 22.2. The van der Waals surface area contributed by atoms with E-state index in [4.69, 9.17) is 5.73 Å². The summed E-state index contributed by atoms with van der Waals surface area (Å²) >= 11 is 0. The summed E-state index contributed by atoms with van der Waals surface area (Å²) in [6, 6.07) is 0.379. The van der Waals surface area contributed by atoms with Gasteiger partial charge in [-0.1, -0.05) is 26.7 Å². The molecular weight excluding hydrogens is 401 g/mol. The SMILES string of the molecule is Cc1nn(C)c(C)c1CCN=C(N)NC(C)CCCC(C)C.I. The van der Waals surface area contributed by atoms with Crippen molar-refractivity contribution in [1.82, 2.24) is 15.1 Å². The average Bonchev–Trinajstić information content (AvgIpc) is 2.64. The fourth-order valence-electron chi connectivity index (χ4n) is 2.67. The number of rotatable bonds is 8. The molecule has 5 nitrogen and oxygen atoms in total. The Hall–Kier alpha value is -0.790. The third-order valence-electron chi connectivity index (χ3n) is 4.12. The fourth-order valence-corrected chi connectivity index (χ4v) is 2.67. The molecule has 0 aliphatic carbocycles. The van der Waals surface area contributed by atoms with Crippen LogP contribution in [0, 0.1) is 19.8 Å². The van der Waals surface area contributed by atoms with Gasteiger partial charge in [0.25, 0.3) is 0 Å². The van der Waals surface area contributed by atoms with Gasteiger partial charge in [-0.15, -0.1) is 24.0 Å². The van der Waals surface area contributed by atoms with Crippen molar-refractivity contribution in [2.45, 2.75) is 66.3 Å². The maximum Gasteiger partial charge on any atom is 0.188 e. The summed E-state index contributed by atoms with van der Waals surface area (Å²) in [5, 5.41) is 7.71. The molecule has 1 aromatic heterocycles. The summed E-state index contributed by atoms with van der Waals surface area (Å²) in [6.45, 7) is 11.5. The van der Waals surface area contributed by atoms with Gasteiger partial charge in [0.05, 0.1) is 5.69 Å². The predicted molar refractivity (Wildman–Crippen MR) is 110 cm³/mol. The molecule has 6 heteroatoms. The molecule has 0 amide bonds. The number of halogens is 1. The molecule has 0 saturated heterocycles. The van der Waals surface area contributed by atoms with Gasteiger partial charge in [-0.3, -0.25) is 9.67 Å². The van der Waals surface area contributed by atoms with Gasteiger partial charge in [0.1, 0.15) is 0 Å². The first-order chi connectivity index (χ1) is 10.3. The highest BCUT2D eigenvalue weighted by Gasteiger charge is 2.08. The summed E-state index contributed by atoms with van der Waals surface area (Å²) in [7, 11) is 1.98. The predicted octanol–water partition coefficient (Wildman–Crippen LogP) is 3.32. The molecule has 0 aliphatic heterocycles. The number of guanidine groups is 1. The molecular formula is C17H34IN5. The van der Waals surface area contributed by atoms with Crippen molar-refractivity contribution in [3.8, 4) is 0 Å². The number of aliphatic imine (C=N–C) groups is 1. The Balaban J connectivity index is 0.00000484. The Bertz CT molecular complexity index is 493. The first-order valence-electron chi connectivity index (χ1n) is 8.36. The lowest BCUT2D eigenvalue weighted by molar-refractivity contribution is 0.493. The van der Waals surface area contributed by atoms with Gasteiger partial charge < -0.3 is 11.1 Å². The number of hydrogen-bond donors (Lipinski definition) is 2. The van der Waals surface area contributed by atoms with Crippen LogP contribution < -0.4 is 11.1 Å². The Kier molecular flexibility index (Phi) is 10.5. The molecule has 23 heavy (non-hydrogen) atoms. The third kappa shape index (κ3) is 8.04. The van der Waals surface area contributed by atoms with Crippen LogP contribution in [0.3, 0.4) is 0 Å². The lowest BCUT2D eigenvalue weighted by Gasteiger charge is -2.15. The van der Waals surface area contributed by atoms with E-state index in [1.165, 1.54) is 24.1 Å². The van der Waals surface area contributed by atoms with Crippen molar-refractivity contribution in [2.75, 3.05) is 6.54 Å². The molecule has 3 N–H and O–H groups in total. The maximum absolute atomic E-state index is 5.97. The van der Waals surface area contributed by atoms with E-state index in [9.17, 15) is 0 Å². The minimum absolute atomic E-state index is 0. The zero-order chi connectivity index (χ0) is 16.7. The van der Waals surface area contributed by atoms with Crippen LogP contribution in [0.2, 0.25) is 0 Å². The fraction of sp³-hybridized carbons (Fsp3) is 0.765. The maximum atomic E-state index is 5.97. The van der Waals surface area contributed by atoms with Crippen molar-refractivity contribution in [3.05, 3.63) is 17.0 Å². The van der Waals surface area contributed by atoms with Crippen LogP contribution in [-0.2, 0) is 13.5 Å². The molecule has 1 aromatic rings. The largest absolute Gasteiger partial charge is 0.370 e. The smallest absolute Gasteiger partial charge is 0.188 e. The van der Waals surface area contributed by atoms with E-state index in [1.807, 2.05) is 18.7 Å². The van der Waals surface area contributed by atoms with Crippen LogP contribution in [0.5, 0.6) is 0 Å². The van der Waals surface area contributed by atoms with Crippen LogP contribution in [0.25, 0.3) is 0 Å². The molecule has 134 valence electrons. The number of nitrogens with one attached hydrogen (secondary N) is 1. The lowest BCUT2D eigenvalue weighted by Crippen LogP contribution is -2.38. The molecule has 0 fully saturated rings. The second-order valence-electron chi connectivity index (χ2n) is 6.66. The molecule has 1 unspecified atom stereocenters. The quantitative estimate of drug-likeness (QED) is 0.374. The van der Waals surface area contributed by atoms with Gasteiger partial charge in [-0.25, -0.2) is 0 Å². The summed E-state index contributed by atoms with van der Waals surface area (Å²) in [6.07, 6.45) is 4.51. The molecule has 0 spiro atoms. The minimum atomic E-state index is 0. The summed E-state index contributed by atoms with van der Waals surface area (Å²) in [5.41, 5.74) is 9.55. The Morgan fingerprint density at radius 2 is 1.91 bits per heavy atom. The van der Waals surface area contributed by atoms with Crippen LogP contribution in [0.15, 0.2) is 4.99 Å². The minimum Gasteiger partial charge on any atom is -0.370 e. The number of aromatic nitrogens is 2. The number of nitrogens with two attached hydrogens (primary N) is 1. The Morgan fingerprint density at radius 3 is 2.43 bits per heavy atom. The molecule has 1 atom stereocenters. The molecule has 0 aliphatic rings. The van der Waals surface area contributed by atoms with Crippen molar-refractivity contribution in [1.29, 1.82) is 0 Å². The Labute approximate surface area is 158 Å². The molecule has 0 radical (unpaired) electrons. The topological polar surface area (TPSA) is 68.2 Å². The summed E-state index contributed by atoms with van der Waals surface area (Å²) in [4.78, 5) is 4.44. The van der Waals surface area contributed by atoms with Crippen molar-refractivity contribution >= 4 is 29.9 Å². The van der Waals surface area contributed by atoms with E-state index in [2.05, 4.69) is 43.1 Å². The number of nitrogens with zero attached hydrogens (tertiary/aromatic N) is 3. The van der Waals surface area contributed by atoms with Gasteiger partial charge in [0.2, 0.25) is 0 Å².